The second-order valence-corrected chi connectivity index (χ2v) is 7.01. The topological polar surface area (TPSA) is 50.4 Å². The van der Waals surface area contributed by atoms with E-state index in [1.165, 1.54) is 24.8 Å². The maximum absolute atomic E-state index is 11.4. The zero-order chi connectivity index (χ0) is 14.5. The smallest absolute Gasteiger partial charge is 0.303 e. The molecule has 0 unspecified atom stereocenters. The number of furan rings is 1. The minimum Gasteiger partial charge on any atom is -0.481 e. The molecule has 2 aliphatic carbocycles. The summed E-state index contributed by atoms with van der Waals surface area (Å²) in [5.74, 6) is 1.59. The molecular formula is C17H24O3. The van der Waals surface area contributed by atoms with Crippen molar-refractivity contribution < 1.29 is 14.3 Å². The molecular weight excluding hydrogens is 252 g/mol. The number of rotatable bonds is 2. The van der Waals surface area contributed by atoms with Crippen LogP contribution in [0.1, 0.15) is 62.3 Å². The van der Waals surface area contributed by atoms with Gasteiger partial charge >= 0.3 is 5.97 Å². The van der Waals surface area contributed by atoms with Crippen LogP contribution in [-0.4, -0.2) is 11.1 Å². The number of aryl methyl sites for hydroxylation is 1. The van der Waals surface area contributed by atoms with Crippen molar-refractivity contribution in [2.75, 3.05) is 0 Å². The van der Waals surface area contributed by atoms with Crippen molar-refractivity contribution in [3.8, 4) is 0 Å². The predicted molar refractivity (Wildman–Crippen MR) is 76.8 cm³/mol. The fourth-order valence-corrected chi connectivity index (χ4v) is 4.81. The number of carboxylic acids is 1. The Morgan fingerprint density at radius 1 is 1.50 bits per heavy atom. The van der Waals surface area contributed by atoms with E-state index in [-0.39, 0.29) is 17.8 Å². The van der Waals surface area contributed by atoms with Crippen LogP contribution >= 0.6 is 0 Å². The summed E-state index contributed by atoms with van der Waals surface area (Å²) in [5.41, 5.74) is 2.42. The van der Waals surface area contributed by atoms with Gasteiger partial charge in [-0.3, -0.25) is 4.79 Å². The normalized spacial score (nSPS) is 36.2. The average Bonchev–Trinajstić information content (AvgIpc) is 2.73. The molecule has 20 heavy (non-hydrogen) atoms. The zero-order valence-electron chi connectivity index (χ0n) is 12.6. The standard InChI is InChI=1S/C17H24O3/c1-10-9-20-14-7-12-6-4-5-11(2)17(12,3)13(16(10)14)8-15(18)19/h9,11-13H,4-8H2,1-3H3,(H,18,19)/t11-,12+,13+,17+/m0/s1. The van der Waals surface area contributed by atoms with Gasteiger partial charge in [0.05, 0.1) is 12.7 Å². The van der Waals surface area contributed by atoms with Crippen LogP contribution in [-0.2, 0) is 11.2 Å². The summed E-state index contributed by atoms with van der Waals surface area (Å²) < 4.78 is 5.73. The first-order chi connectivity index (χ1) is 9.44. The molecule has 0 aromatic carbocycles. The average molecular weight is 276 g/mol. The van der Waals surface area contributed by atoms with Crippen LogP contribution in [0.2, 0.25) is 0 Å². The van der Waals surface area contributed by atoms with E-state index in [4.69, 9.17) is 4.42 Å². The van der Waals surface area contributed by atoms with Crippen molar-refractivity contribution in [1.82, 2.24) is 0 Å². The Morgan fingerprint density at radius 2 is 2.25 bits per heavy atom. The number of fused-ring (bicyclic) bond motifs is 2. The summed E-state index contributed by atoms with van der Waals surface area (Å²) in [5, 5.41) is 9.38. The fraction of sp³-hybridized carbons (Fsp3) is 0.706. The molecule has 1 N–H and O–H groups in total. The Morgan fingerprint density at radius 3 is 2.95 bits per heavy atom. The molecule has 1 heterocycles. The second kappa shape index (κ2) is 4.64. The van der Waals surface area contributed by atoms with Crippen LogP contribution < -0.4 is 0 Å². The summed E-state index contributed by atoms with van der Waals surface area (Å²) in [6, 6.07) is 0. The van der Waals surface area contributed by atoms with Gasteiger partial charge in [-0.15, -0.1) is 0 Å². The number of carboxylic acid groups (broad SMARTS) is 1. The van der Waals surface area contributed by atoms with Gasteiger partial charge in [0.15, 0.2) is 0 Å². The van der Waals surface area contributed by atoms with Crippen molar-refractivity contribution in [3.63, 3.8) is 0 Å². The van der Waals surface area contributed by atoms with Crippen molar-refractivity contribution in [1.29, 1.82) is 0 Å². The molecule has 3 rings (SSSR count). The van der Waals surface area contributed by atoms with Gasteiger partial charge in [0.1, 0.15) is 5.76 Å². The first-order valence-corrected chi connectivity index (χ1v) is 7.73. The zero-order valence-corrected chi connectivity index (χ0v) is 12.6. The molecule has 0 radical (unpaired) electrons. The van der Waals surface area contributed by atoms with Crippen LogP contribution in [0.25, 0.3) is 0 Å². The van der Waals surface area contributed by atoms with Crippen LogP contribution in [0.5, 0.6) is 0 Å². The Bertz CT molecular complexity index is 530. The molecule has 110 valence electrons. The third-order valence-corrected chi connectivity index (χ3v) is 6.14. The Hall–Kier alpha value is -1.25. The first-order valence-electron chi connectivity index (χ1n) is 7.73. The molecule has 0 bridgehead atoms. The number of aliphatic carboxylic acids is 1. The molecule has 0 spiro atoms. The largest absolute Gasteiger partial charge is 0.481 e. The second-order valence-electron chi connectivity index (χ2n) is 7.01. The molecule has 3 heteroatoms. The van der Waals surface area contributed by atoms with Crippen LogP contribution in [0, 0.1) is 24.2 Å². The molecule has 0 saturated heterocycles. The molecule has 0 aliphatic heterocycles. The summed E-state index contributed by atoms with van der Waals surface area (Å²) in [6.07, 6.45) is 6.71. The Balaban J connectivity index is 2.11. The van der Waals surface area contributed by atoms with E-state index in [0.29, 0.717) is 11.8 Å². The van der Waals surface area contributed by atoms with Crippen molar-refractivity contribution in [3.05, 3.63) is 23.2 Å². The summed E-state index contributed by atoms with van der Waals surface area (Å²) in [6.45, 7) is 6.68. The van der Waals surface area contributed by atoms with Crippen LogP contribution in [0.3, 0.4) is 0 Å². The number of hydrogen-bond acceptors (Lipinski definition) is 2. The number of hydrogen-bond donors (Lipinski definition) is 1. The molecule has 1 fully saturated rings. The van der Waals surface area contributed by atoms with Crippen molar-refractivity contribution in [2.45, 2.75) is 58.8 Å². The van der Waals surface area contributed by atoms with E-state index in [9.17, 15) is 9.90 Å². The van der Waals surface area contributed by atoms with E-state index in [1.807, 2.05) is 13.2 Å². The fourth-order valence-electron chi connectivity index (χ4n) is 4.81. The third kappa shape index (κ3) is 1.82. The lowest BCUT2D eigenvalue weighted by Crippen LogP contribution is -2.47. The van der Waals surface area contributed by atoms with Gasteiger partial charge in [0.2, 0.25) is 0 Å². The lowest BCUT2D eigenvalue weighted by Gasteiger charge is -2.53. The SMILES string of the molecule is Cc1coc2c1[C@@H](CC(=O)O)[C@@]1(C)[C@H](CCC[C@@H]1C)C2. The lowest BCUT2D eigenvalue weighted by molar-refractivity contribution is -0.139. The van der Waals surface area contributed by atoms with Gasteiger partial charge in [-0.25, -0.2) is 0 Å². The number of carbonyl (C=O) groups is 1. The van der Waals surface area contributed by atoms with Gasteiger partial charge in [-0.05, 0) is 36.2 Å². The van der Waals surface area contributed by atoms with E-state index in [2.05, 4.69) is 13.8 Å². The minimum absolute atomic E-state index is 0.0955. The van der Waals surface area contributed by atoms with Gasteiger partial charge in [-0.2, -0.15) is 0 Å². The highest BCUT2D eigenvalue weighted by atomic mass is 16.4. The summed E-state index contributed by atoms with van der Waals surface area (Å²) in [4.78, 5) is 11.4. The van der Waals surface area contributed by atoms with Gasteiger partial charge in [0, 0.05) is 17.9 Å². The van der Waals surface area contributed by atoms with E-state index in [1.54, 1.807) is 0 Å². The Labute approximate surface area is 120 Å². The Kier molecular flexibility index (Phi) is 3.19. The molecule has 0 amide bonds. The van der Waals surface area contributed by atoms with Crippen molar-refractivity contribution >= 4 is 5.97 Å². The molecule has 2 aliphatic rings. The molecule has 1 aromatic heterocycles. The summed E-state index contributed by atoms with van der Waals surface area (Å²) in [7, 11) is 0. The minimum atomic E-state index is -0.693. The van der Waals surface area contributed by atoms with Crippen LogP contribution in [0.15, 0.2) is 10.7 Å². The summed E-state index contributed by atoms with van der Waals surface area (Å²) >= 11 is 0. The quantitative estimate of drug-likeness (QED) is 0.883. The van der Waals surface area contributed by atoms with Gasteiger partial charge in [0.25, 0.3) is 0 Å². The molecule has 1 aromatic rings. The predicted octanol–water partition coefficient (Wildman–Crippen LogP) is 4.14. The first kappa shape index (κ1) is 13.7. The molecule has 1 saturated carbocycles. The highest BCUT2D eigenvalue weighted by Crippen LogP contribution is 2.60. The van der Waals surface area contributed by atoms with E-state index in [0.717, 1.165) is 17.7 Å². The highest BCUT2D eigenvalue weighted by Gasteiger charge is 2.52. The van der Waals surface area contributed by atoms with Gasteiger partial charge < -0.3 is 9.52 Å². The van der Waals surface area contributed by atoms with E-state index < -0.39 is 5.97 Å². The molecule has 3 nitrogen and oxygen atoms in total. The van der Waals surface area contributed by atoms with Crippen molar-refractivity contribution in [2.24, 2.45) is 17.3 Å². The van der Waals surface area contributed by atoms with Crippen LogP contribution in [0.4, 0.5) is 0 Å². The van der Waals surface area contributed by atoms with E-state index >= 15 is 0 Å². The highest BCUT2D eigenvalue weighted by molar-refractivity contribution is 5.68. The van der Waals surface area contributed by atoms with Gasteiger partial charge in [-0.1, -0.05) is 26.7 Å². The lowest BCUT2D eigenvalue weighted by atomic mass is 9.50. The third-order valence-electron chi connectivity index (χ3n) is 6.14. The molecule has 4 atom stereocenters. The maximum atomic E-state index is 11.4. The maximum Gasteiger partial charge on any atom is 0.303 e. The monoisotopic (exact) mass is 276 g/mol.